The second kappa shape index (κ2) is 4.92. The van der Waals surface area contributed by atoms with E-state index in [1.807, 2.05) is 24.3 Å². The lowest BCUT2D eigenvalue weighted by Gasteiger charge is -2.09. The minimum atomic E-state index is -0.125. The fraction of sp³-hybridized carbons (Fsp3) is 0.250. The van der Waals surface area contributed by atoms with E-state index in [1.165, 1.54) is 0 Å². The van der Waals surface area contributed by atoms with E-state index in [4.69, 9.17) is 14.9 Å². The van der Waals surface area contributed by atoms with Crippen LogP contribution in [0, 0.1) is 0 Å². The van der Waals surface area contributed by atoms with E-state index in [0.29, 0.717) is 11.4 Å². The minimum absolute atomic E-state index is 0.0366. The summed E-state index contributed by atoms with van der Waals surface area (Å²) in [6.07, 6.45) is 0. The molecule has 1 heterocycles. The van der Waals surface area contributed by atoms with Crippen LogP contribution in [0.15, 0.2) is 30.3 Å². The number of aliphatic hydroxyl groups is 2. The molecule has 0 aliphatic rings. The zero-order valence-electron chi connectivity index (χ0n) is 8.76. The number of ether oxygens (including phenoxy) is 1. The molecule has 0 saturated heterocycles. The Morgan fingerprint density at radius 2 is 2.00 bits per heavy atom. The van der Waals surface area contributed by atoms with E-state index < -0.39 is 0 Å². The predicted octanol–water partition coefficient (Wildman–Crippen LogP) is 1.10. The van der Waals surface area contributed by atoms with Gasteiger partial charge in [-0.2, -0.15) is 0 Å². The maximum atomic E-state index is 9.08. The lowest BCUT2D eigenvalue weighted by Crippen LogP contribution is -2.03. The number of aliphatic hydroxyl groups excluding tert-OH is 2. The third-order valence-corrected chi connectivity index (χ3v) is 2.24. The number of hydrogen-bond donors (Lipinski definition) is 2. The number of aromatic nitrogens is 1. The van der Waals surface area contributed by atoms with Crippen molar-refractivity contribution in [3.8, 4) is 5.75 Å². The lowest BCUT2D eigenvalue weighted by atomic mass is 10.2. The first-order valence-electron chi connectivity index (χ1n) is 5.08. The van der Waals surface area contributed by atoms with E-state index in [1.54, 1.807) is 6.07 Å². The zero-order valence-corrected chi connectivity index (χ0v) is 8.76. The zero-order chi connectivity index (χ0) is 11.4. The van der Waals surface area contributed by atoms with E-state index in [2.05, 4.69) is 4.98 Å². The van der Waals surface area contributed by atoms with Gasteiger partial charge in [0.2, 0.25) is 0 Å². The van der Waals surface area contributed by atoms with Crippen LogP contribution in [0.3, 0.4) is 0 Å². The molecule has 0 aliphatic carbocycles. The van der Waals surface area contributed by atoms with Crippen LogP contribution in [0.4, 0.5) is 0 Å². The Balaban J connectivity index is 2.50. The highest BCUT2D eigenvalue weighted by atomic mass is 16.5. The molecule has 16 heavy (non-hydrogen) atoms. The van der Waals surface area contributed by atoms with Crippen molar-refractivity contribution in [2.45, 2.75) is 6.61 Å². The summed E-state index contributed by atoms with van der Waals surface area (Å²) in [5.74, 6) is 0.642. The Labute approximate surface area is 93.1 Å². The summed E-state index contributed by atoms with van der Waals surface area (Å²) in [6, 6.07) is 9.23. The highest BCUT2D eigenvalue weighted by Crippen LogP contribution is 2.25. The van der Waals surface area contributed by atoms with Gasteiger partial charge >= 0.3 is 0 Å². The summed E-state index contributed by atoms with van der Waals surface area (Å²) >= 11 is 0. The summed E-state index contributed by atoms with van der Waals surface area (Å²) < 4.78 is 5.41. The van der Waals surface area contributed by atoms with E-state index in [0.717, 1.165) is 10.9 Å². The maximum Gasteiger partial charge on any atom is 0.130 e. The van der Waals surface area contributed by atoms with Crippen molar-refractivity contribution in [1.29, 1.82) is 0 Å². The minimum Gasteiger partial charge on any atom is -0.490 e. The van der Waals surface area contributed by atoms with Crippen LogP contribution >= 0.6 is 0 Å². The van der Waals surface area contributed by atoms with Crippen LogP contribution in [0.2, 0.25) is 0 Å². The molecular weight excluding hydrogens is 206 g/mol. The van der Waals surface area contributed by atoms with Crippen LogP contribution in [-0.4, -0.2) is 28.4 Å². The normalized spacial score (nSPS) is 10.6. The van der Waals surface area contributed by atoms with Gasteiger partial charge in [0.15, 0.2) is 0 Å². The molecular formula is C12H13NO3. The number of rotatable bonds is 4. The Hall–Kier alpha value is -1.65. The summed E-state index contributed by atoms with van der Waals surface area (Å²) in [5, 5.41) is 18.7. The highest BCUT2D eigenvalue weighted by molar-refractivity contribution is 5.85. The first-order valence-corrected chi connectivity index (χ1v) is 5.08. The average molecular weight is 219 g/mol. The van der Waals surface area contributed by atoms with Gasteiger partial charge in [0.05, 0.1) is 24.4 Å². The van der Waals surface area contributed by atoms with E-state index in [9.17, 15) is 0 Å². The number of nitrogens with zero attached hydrogens (tertiary/aromatic N) is 1. The van der Waals surface area contributed by atoms with Crippen molar-refractivity contribution < 1.29 is 14.9 Å². The molecule has 0 radical (unpaired) electrons. The molecule has 2 rings (SSSR count). The molecule has 0 atom stereocenters. The topological polar surface area (TPSA) is 62.6 Å². The first kappa shape index (κ1) is 10.9. The number of hydrogen-bond acceptors (Lipinski definition) is 4. The van der Waals surface area contributed by atoms with Gasteiger partial charge in [0.25, 0.3) is 0 Å². The standard InChI is InChI=1S/C12H13NO3/c14-5-6-16-12-7-9(8-15)13-11-4-2-1-3-10(11)12/h1-4,7,14-15H,5-6,8H2. The molecule has 1 aromatic carbocycles. The molecule has 4 nitrogen and oxygen atoms in total. The van der Waals surface area contributed by atoms with Crippen molar-refractivity contribution in [2.24, 2.45) is 0 Å². The fourth-order valence-electron chi connectivity index (χ4n) is 1.55. The number of benzene rings is 1. The Morgan fingerprint density at radius 1 is 1.19 bits per heavy atom. The van der Waals surface area contributed by atoms with Crippen molar-refractivity contribution in [1.82, 2.24) is 4.98 Å². The molecule has 0 bridgehead atoms. The molecule has 0 spiro atoms. The third kappa shape index (κ3) is 2.13. The average Bonchev–Trinajstić information content (AvgIpc) is 2.35. The van der Waals surface area contributed by atoms with Crippen molar-refractivity contribution in [3.05, 3.63) is 36.0 Å². The number of pyridine rings is 1. The van der Waals surface area contributed by atoms with Crippen molar-refractivity contribution >= 4 is 10.9 Å². The van der Waals surface area contributed by atoms with Gasteiger partial charge in [-0.05, 0) is 12.1 Å². The van der Waals surface area contributed by atoms with Gasteiger partial charge in [-0.1, -0.05) is 12.1 Å². The van der Waals surface area contributed by atoms with Gasteiger partial charge in [-0.15, -0.1) is 0 Å². The summed E-state index contributed by atoms with van der Waals surface area (Å²) in [5.41, 5.74) is 1.34. The quantitative estimate of drug-likeness (QED) is 0.808. The summed E-state index contributed by atoms with van der Waals surface area (Å²) in [6.45, 7) is 0.0737. The molecule has 0 aliphatic heterocycles. The highest BCUT2D eigenvalue weighted by Gasteiger charge is 2.05. The molecule has 1 aromatic heterocycles. The smallest absolute Gasteiger partial charge is 0.130 e. The van der Waals surface area contributed by atoms with E-state index in [-0.39, 0.29) is 19.8 Å². The van der Waals surface area contributed by atoms with Crippen molar-refractivity contribution in [2.75, 3.05) is 13.2 Å². The number of para-hydroxylation sites is 1. The Kier molecular flexibility index (Phi) is 3.34. The fourth-order valence-corrected chi connectivity index (χ4v) is 1.55. The third-order valence-electron chi connectivity index (χ3n) is 2.24. The monoisotopic (exact) mass is 219 g/mol. The van der Waals surface area contributed by atoms with Crippen LogP contribution in [0.1, 0.15) is 5.69 Å². The molecule has 0 amide bonds. The number of fused-ring (bicyclic) bond motifs is 1. The summed E-state index contributed by atoms with van der Waals surface area (Å²) in [4.78, 5) is 4.27. The molecule has 2 N–H and O–H groups in total. The second-order valence-electron chi connectivity index (χ2n) is 3.36. The molecule has 0 saturated carbocycles. The van der Waals surface area contributed by atoms with Gasteiger partial charge in [0.1, 0.15) is 12.4 Å². The summed E-state index contributed by atoms with van der Waals surface area (Å²) in [7, 11) is 0. The van der Waals surface area contributed by atoms with Crippen LogP contribution in [-0.2, 0) is 6.61 Å². The van der Waals surface area contributed by atoms with Gasteiger partial charge in [0, 0.05) is 11.5 Å². The molecule has 84 valence electrons. The molecule has 0 unspecified atom stereocenters. The molecule has 2 aromatic rings. The maximum absolute atomic E-state index is 9.08. The van der Waals surface area contributed by atoms with Crippen LogP contribution < -0.4 is 4.74 Å². The molecule has 0 fully saturated rings. The Bertz CT molecular complexity index is 485. The SMILES string of the molecule is OCCOc1cc(CO)nc2ccccc12. The van der Waals surface area contributed by atoms with E-state index >= 15 is 0 Å². The lowest BCUT2D eigenvalue weighted by molar-refractivity contribution is 0.202. The Morgan fingerprint density at radius 3 is 2.75 bits per heavy atom. The van der Waals surface area contributed by atoms with Crippen LogP contribution in [0.25, 0.3) is 10.9 Å². The van der Waals surface area contributed by atoms with Crippen molar-refractivity contribution in [3.63, 3.8) is 0 Å². The first-order chi connectivity index (χ1) is 7.85. The van der Waals surface area contributed by atoms with Gasteiger partial charge < -0.3 is 14.9 Å². The largest absolute Gasteiger partial charge is 0.490 e. The van der Waals surface area contributed by atoms with Gasteiger partial charge in [-0.3, -0.25) is 4.98 Å². The van der Waals surface area contributed by atoms with Gasteiger partial charge in [-0.25, -0.2) is 0 Å². The molecule has 4 heteroatoms. The predicted molar refractivity (Wildman–Crippen MR) is 60.2 cm³/mol. The second-order valence-corrected chi connectivity index (χ2v) is 3.36. The van der Waals surface area contributed by atoms with Crippen LogP contribution in [0.5, 0.6) is 5.75 Å².